The van der Waals surface area contributed by atoms with Gasteiger partial charge in [0.1, 0.15) is 12.4 Å². The fourth-order valence-corrected chi connectivity index (χ4v) is 2.09. The molecule has 0 unspecified atom stereocenters. The monoisotopic (exact) mass is 354 g/mol. The second kappa shape index (κ2) is 10.5. The number of nitro groups is 1. The summed E-state index contributed by atoms with van der Waals surface area (Å²) in [5, 5.41) is 17.0. The molecule has 0 saturated carbocycles. The Balaban J connectivity index is 1.85. The number of rotatable bonds is 9. The van der Waals surface area contributed by atoms with Crippen LogP contribution in [-0.4, -0.2) is 30.6 Å². The van der Waals surface area contributed by atoms with Crippen molar-refractivity contribution in [1.82, 2.24) is 10.6 Å². The lowest BCUT2D eigenvalue weighted by Crippen LogP contribution is -2.39. The summed E-state index contributed by atoms with van der Waals surface area (Å²) in [5.41, 5.74) is 0.953. The molecule has 2 aromatic rings. The first-order chi connectivity index (χ1) is 12.7. The molecule has 2 aromatic carbocycles. The van der Waals surface area contributed by atoms with Gasteiger partial charge in [-0.25, -0.2) is 4.99 Å². The van der Waals surface area contributed by atoms with Crippen LogP contribution in [0.3, 0.4) is 0 Å². The van der Waals surface area contributed by atoms with Gasteiger partial charge < -0.3 is 15.4 Å². The Bertz CT molecular complexity index is 730. The first-order valence-corrected chi connectivity index (χ1v) is 8.23. The molecule has 0 bridgehead atoms. The van der Waals surface area contributed by atoms with E-state index in [2.05, 4.69) is 22.2 Å². The highest BCUT2D eigenvalue weighted by Gasteiger charge is 2.04. The zero-order valence-corrected chi connectivity index (χ0v) is 14.4. The molecule has 0 aliphatic carbocycles. The highest BCUT2D eigenvalue weighted by molar-refractivity contribution is 5.79. The van der Waals surface area contributed by atoms with Gasteiger partial charge in [0.15, 0.2) is 5.96 Å². The van der Waals surface area contributed by atoms with E-state index in [-0.39, 0.29) is 5.69 Å². The zero-order valence-electron chi connectivity index (χ0n) is 14.4. The predicted octanol–water partition coefficient (Wildman–Crippen LogP) is 2.90. The molecule has 2 N–H and O–H groups in total. The Kier molecular flexibility index (Phi) is 7.67. The highest BCUT2D eigenvalue weighted by atomic mass is 16.6. The van der Waals surface area contributed by atoms with Crippen LogP contribution in [-0.2, 0) is 6.54 Å². The molecule has 7 heteroatoms. The van der Waals surface area contributed by atoms with Gasteiger partial charge >= 0.3 is 0 Å². The summed E-state index contributed by atoms with van der Waals surface area (Å²) in [7, 11) is 0. The Morgan fingerprint density at radius 2 is 1.88 bits per heavy atom. The minimum atomic E-state index is -0.418. The molecule has 0 amide bonds. The number of nitro benzene ring substituents is 1. The van der Waals surface area contributed by atoms with Crippen LogP contribution >= 0.6 is 0 Å². The predicted molar refractivity (Wildman–Crippen MR) is 102 cm³/mol. The molecule has 26 heavy (non-hydrogen) atoms. The molecule has 2 rings (SSSR count). The lowest BCUT2D eigenvalue weighted by atomic mass is 10.2. The van der Waals surface area contributed by atoms with Crippen molar-refractivity contribution in [3.63, 3.8) is 0 Å². The number of hydrogen-bond acceptors (Lipinski definition) is 4. The number of benzene rings is 2. The number of ether oxygens (including phenoxy) is 1. The summed E-state index contributed by atoms with van der Waals surface area (Å²) < 4.78 is 5.63. The maximum Gasteiger partial charge on any atom is 0.269 e. The van der Waals surface area contributed by atoms with E-state index in [1.807, 2.05) is 30.3 Å². The highest BCUT2D eigenvalue weighted by Crippen LogP contribution is 2.12. The largest absolute Gasteiger partial charge is 0.492 e. The van der Waals surface area contributed by atoms with Crippen molar-refractivity contribution >= 4 is 11.6 Å². The molecule has 0 aliphatic heterocycles. The summed E-state index contributed by atoms with van der Waals surface area (Å²) in [6.45, 7) is 5.74. The van der Waals surface area contributed by atoms with Gasteiger partial charge in [0.05, 0.1) is 18.0 Å². The van der Waals surface area contributed by atoms with Gasteiger partial charge in [-0.2, -0.15) is 0 Å². The number of nitrogens with zero attached hydrogens (tertiary/aromatic N) is 2. The Labute approximate surface area is 152 Å². The van der Waals surface area contributed by atoms with Gasteiger partial charge in [0.2, 0.25) is 0 Å². The van der Waals surface area contributed by atoms with Crippen molar-refractivity contribution in [1.29, 1.82) is 0 Å². The fourth-order valence-electron chi connectivity index (χ4n) is 2.09. The lowest BCUT2D eigenvalue weighted by Gasteiger charge is -2.12. The van der Waals surface area contributed by atoms with Crippen LogP contribution in [0.5, 0.6) is 5.75 Å². The quantitative estimate of drug-likeness (QED) is 0.180. The van der Waals surface area contributed by atoms with Crippen molar-refractivity contribution in [2.24, 2.45) is 4.99 Å². The lowest BCUT2D eigenvalue weighted by molar-refractivity contribution is -0.384. The summed E-state index contributed by atoms with van der Waals surface area (Å²) >= 11 is 0. The minimum Gasteiger partial charge on any atom is -0.492 e. The second-order valence-corrected chi connectivity index (χ2v) is 5.35. The first kappa shape index (κ1) is 19.0. The summed E-state index contributed by atoms with van der Waals surface area (Å²) in [6.07, 6.45) is 1.74. The van der Waals surface area contributed by atoms with Crippen molar-refractivity contribution in [3.8, 4) is 5.75 Å². The molecule has 0 aromatic heterocycles. The van der Waals surface area contributed by atoms with E-state index in [9.17, 15) is 10.1 Å². The molecular formula is C19H22N4O3. The summed E-state index contributed by atoms with van der Waals surface area (Å²) in [6, 6.07) is 15.9. The minimum absolute atomic E-state index is 0.0684. The van der Waals surface area contributed by atoms with Crippen molar-refractivity contribution in [2.75, 3.05) is 19.7 Å². The Hall–Kier alpha value is -3.35. The van der Waals surface area contributed by atoms with Gasteiger partial charge in [0, 0.05) is 18.7 Å². The number of para-hydroxylation sites is 1. The maximum atomic E-state index is 10.7. The van der Waals surface area contributed by atoms with E-state index in [4.69, 9.17) is 4.74 Å². The van der Waals surface area contributed by atoms with Gasteiger partial charge in [-0.1, -0.05) is 36.4 Å². The van der Waals surface area contributed by atoms with Gasteiger partial charge in [-0.05, 0) is 17.7 Å². The average molecular weight is 354 g/mol. The van der Waals surface area contributed by atoms with Gasteiger partial charge in [-0.3, -0.25) is 10.1 Å². The van der Waals surface area contributed by atoms with Crippen LogP contribution in [0.4, 0.5) is 5.69 Å². The van der Waals surface area contributed by atoms with Crippen LogP contribution in [0.15, 0.2) is 72.2 Å². The average Bonchev–Trinajstić information content (AvgIpc) is 2.67. The van der Waals surface area contributed by atoms with Crippen LogP contribution in [0.25, 0.3) is 0 Å². The van der Waals surface area contributed by atoms with Crippen molar-refractivity contribution < 1.29 is 9.66 Å². The van der Waals surface area contributed by atoms with E-state index in [0.717, 1.165) is 11.3 Å². The molecule has 0 spiro atoms. The smallest absolute Gasteiger partial charge is 0.269 e. The molecule has 136 valence electrons. The Morgan fingerprint density at radius 1 is 1.15 bits per heavy atom. The van der Waals surface area contributed by atoms with E-state index in [1.54, 1.807) is 18.2 Å². The Morgan fingerprint density at radius 3 is 2.54 bits per heavy atom. The van der Waals surface area contributed by atoms with E-state index in [1.165, 1.54) is 12.1 Å². The standard InChI is InChI=1S/C19H22N4O3/c1-2-12-20-19(21-13-14-26-18-6-4-3-5-7-18)22-15-16-8-10-17(11-9-16)23(24)25/h2-11H,1,12-15H2,(H2,20,21,22). The summed E-state index contributed by atoms with van der Waals surface area (Å²) in [4.78, 5) is 14.7. The molecular weight excluding hydrogens is 332 g/mol. The number of aliphatic imine (C=N–C) groups is 1. The third-order valence-electron chi connectivity index (χ3n) is 3.39. The molecule has 0 radical (unpaired) electrons. The van der Waals surface area contributed by atoms with Crippen molar-refractivity contribution in [3.05, 3.63) is 82.9 Å². The fraction of sp³-hybridized carbons (Fsp3) is 0.211. The third-order valence-corrected chi connectivity index (χ3v) is 3.39. The van der Waals surface area contributed by atoms with Gasteiger partial charge in [0.25, 0.3) is 5.69 Å². The first-order valence-electron chi connectivity index (χ1n) is 8.23. The van der Waals surface area contributed by atoms with E-state index in [0.29, 0.717) is 32.2 Å². The maximum absolute atomic E-state index is 10.7. The van der Waals surface area contributed by atoms with Gasteiger partial charge in [-0.15, -0.1) is 6.58 Å². The van der Waals surface area contributed by atoms with Crippen molar-refractivity contribution in [2.45, 2.75) is 6.54 Å². The SMILES string of the molecule is C=CCNC(=NCc1ccc([N+](=O)[O-])cc1)NCCOc1ccccc1. The van der Waals surface area contributed by atoms with Crippen LogP contribution in [0, 0.1) is 10.1 Å². The molecule has 0 heterocycles. The summed E-state index contributed by atoms with van der Waals surface area (Å²) in [5.74, 6) is 1.44. The molecule has 0 saturated heterocycles. The number of nitrogens with one attached hydrogen (secondary N) is 2. The van der Waals surface area contributed by atoms with Crippen LogP contribution < -0.4 is 15.4 Å². The third kappa shape index (κ3) is 6.64. The normalized spacial score (nSPS) is 10.8. The molecule has 0 aliphatic rings. The number of hydrogen-bond donors (Lipinski definition) is 2. The van der Waals surface area contributed by atoms with Crippen LogP contribution in [0.1, 0.15) is 5.56 Å². The van der Waals surface area contributed by atoms with E-state index < -0.39 is 4.92 Å². The number of non-ortho nitro benzene ring substituents is 1. The second-order valence-electron chi connectivity index (χ2n) is 5.35. The molecule has 0 atom stereocenters. The van der Waals surface area contributed by atoms with Crippen LogP contribution in [0.2, 0.25) is 0 Å². The topological polar surface area (TPSA) is 88.8 Å². The molecule has 7 nitrogen and oxygen atoms in total. The zero-order chi connectivity index (χ0) is 18.6. The molecule has 0 fully saturated rings. The van der Waals surface area contributed by atoms with E-state index >= 15 is 0 Å². The number of guanidine groups is 1.